The van der Waals surface area contributed by atoms with E-state index in [1.165, 1.54) is 0 Å². The fraction of sp³-hybridized carbons (Fsp3) is 0.250. The number of carbonyl (C=O) groups is 2. The van der Waals surface area contributed by atoms with Crippen molar-refractivity contribution in [3.63, 3.8) is 0 Å². The van der Waals surface area contributed by atoms with Crippen molar-refractivity contribution in [1.29, 1.82) is 0 Å². The van der Waals surface area contributed by atoms with Gasteiger partial charge in [-0.1, -0.05) is 30.3 Å². The lowest BCUT2D eigenvalue weighted by molar-refractivity contribution is -0.143. The highest BCUT2D eigenvalue weighted by Crippen LogP contribution is 2.39. The van der Waals surface area contributed by atoms with Crippen molar-refractivity contribution >= 4 is 28.4 Å². The number of anilines is 1. The Balaban J connectivity index is 1.54. The van der Waals surface area contributed by atoms with Crippen molar-refractivity contribution in [3.05, 3.63) is 72.7 Å². The number of hydrogen-bond acceptors (Lipinski definition) is 4. The van der Waals surface area contributed by atoms with Gasteiger partial charge in [-0.15, -0.1) is 0 Å². The zero-order chi connectivity index (χ0) is 24.0. The minimum atomic E-state index is -3.54. The number of benzene rings is 2. The summed E-state index contributed by atoms with van der Waals surface area (Å²) in [7, 11) is 1.82. The largest absolute Gasteiger partial charge is 0.345 e. The maximum atomic E-state index is 13.6. The van der Waals surface area contributed by atoms with Gasteiger partial charge in [-0.05, 0) is 23.8 Å². The molecule has 8 nitrogen and oxygen atoms in total. The van der Waals surface area contributed by atoms with Crippen LogP contribution in [0.2, 0.25) is 0 Å². The van der Waals surface area contributed by atoms with E-state index in [4.69, 9.17) is 0 Å². The first-order valence-electron chi connectivity index (χ1n) is 10.7. The summed E-state index contributed by atoms with van der Waals surface area (Å²) in [5.74, 6) is -5.21. The van der Waals surface area contributed by atoms with E-state index >= 15 is 0 Å². The quantitative estimate of drug-likeness (QED) is 0.491. The number of alkyl halides is 2. The molecule has 0 aliphatic carbocycles. The Labute approximate surface area is 193 Å². The Bertz CT molecular complexity index is 1380. The standard InChI is InChI=1S/C24H22F2N6O2/c1-24(25,26)23(34)29-19-11-21(33)31(22(19)15-6-4-3-5-7-15)17-8-9-20-16(10-17)12-28-32(20)18-13-27-30(2)14-18/h3-10,12-14,19,22H,11H2,1-2H3,(H,29,34)/t19-,22+/m1/s1. The third-order valence-electron chi connectivity index (χ3n) is 5.94. The molecule has 0 radical (unpaired) electrons. The van der Waals surface area contributed by atoms with Gasteiger partial charge in [0.25, 0.3) is 5.91 Å². The number of fused-ring (bicyclic) bond motifs is 1. The zero-order valence-corrected chi connectivity index (χ0v) is 18.5. The Morgan fingerprint density at radius 1 is 1.09 bits per heavy atom. The smallest absolute Gasteiger partial charge is 0.321 e. The predicted molar refractivity (Wildman–Crippen MR) is 122 cm³/mol. The van der Waals surface area contributed by atoms with Crippen molar-refractivity contribution in [3.8, 4) is 5.69 Å². The molecule has 5 rings (SSSR count). The number of nitrogens with one attached hydrogen (secondary N) is 1. The Morgan fingerprint density at radius 2 is 1.85 bits per heavy atom. The van der Waals surface area contributed by atoms with Crippen LogP contribution in [0.3, 0.4) is 0 Å². The van der Waals surface area contributed by atoms with Gasteiger partial charge in [-0.2, -0.15) is 19.0 Å². The molecule has 1 aliphatic rings. The molecule has 1 fully saturated rings. The van der Waals surface area contributed by atoms with Gasteiger partial charge in [0.15, 0.2) is 0 Å². The number of amides is 2. The average molecular weight is 464 g/mol. The van der Waals surface area contributed by atoms with Crippen LogP contribution in [0.15, 0.2) is 67.1 Å². The van der Waals surface area contributed by atoms with Crippen LogP contribution in [0.25, 0.3) is 16.6 Å². The van der Waals surface area contributed by atoms with Gasteiger partial charge in [0.05, 0.1) is 36.2 Å². The molecule has 2 aromatic carbocycles. The molecule has 4 aromatic rings. The van der Waals surface area contributed by atoms with E-state index in [2.05, 4.69) is 15.5 Å². The number of rotatable bonds is 5. The predicted octanol–water partition coefficient (Wildman–Crippen LogP) is 3.38. The van der Waals surface area contributed by atoms with Crippen molar-refractivity contribution in [1.82, 2.24) is 24.9 Å². The molecule has 0 unspecified atom stereocenters. The molecule has 34 heavy (non-hydrogen) atoms. The normalized spacial score (nSPS) is 18.6. The van der Waals surface area contributed by atoms with Gasteiger partial charge in [-0.3, -0.25) is 14.3 Å². The zero-order valence-electron chi connectivity index (χ0n) is 18.5. The summed E-state index contributed by atoms with van der Waals surface area (Å²) in [5.41, 5.74) is 2.96. The highest BCUT2D eigenvalue weighted by molar-refractivity contribution is 6.00. The molecule has 2 aromatic heterocycles. The van der Waals surface area contributed by atoms with E-state index in [0.29, 0.717) is 12.6 Å². The van der Waals surface area contributed by atoms with Crippen LogP contribution in [0.1, 0.15) is 24.9 Å². The molecule has 1 saturated heterocycles. The number of aryl methyl sites for hydroxylation is 1. The number of hydrogen-bond donors (Lipinski definition) is 1. The van der Waals surface area contributed by atoms with Crippen molar-refractivity contribution in [2.24, 2.45) is 7.05 Å². The molecule has 10 heteroatoms. The van der Waals surface area contributed by atoms with Gasteiger partial charge in [0, 0.05) is 31.5 Å². The highest BCUT2D eigenvalue weighted by Gasteiger charge is 2.45. The van der Waals surface area contributed by atoms with E-state index in [9.17, 15) is 18.4 Å². The summed E-state index contributed by atoms with van der Waals surface area (Å²) in [4.78, 5) is 26.7. The van der Waals surface area contributed by atoms with Crippen molar-refractivity contribution in [2.75, 3.05) is 4.90 Å². The van der Waals surface area contributed by atoms with Gasteiger partial charge in [0.2, 0.25) is 5.91 Å². The second kappa shape index (κ2) is 8.05. The first-order valence-corrected chi connectivity index (χ1v) is 10.7. The second-order valence-corrected chi connectivity index (χ2v) is 8.46. The van der Waals surface area contributed by atoms with Crippen LogP contribution in [-0.2, 0) is 16.6 Å². The maximum absolute atomic E-state index is 13.6. The summed E-state index contributed by atoms with van der Waals surface area (Å²) in [6, 6.07) is 13.1. The fourth-order valence-electron chi connectivity index (χ4n) is 4.39. The SMILES string of the molecule is Cn1cc(-n2ncc3cc(N4C(=O)C[C@@H](NC(=O)C(C)(F)F)[C@@H]4c4ccccc4)ccc32)cn1. The monoisotopic (exact) mass is 464 g/mol. The Morgan fingerprint density at radius 3 is 2.53 bits per heavy atom. The van der Waals surface area contributed by atoms with Crippen LogP contribution in [-0.4, -0.2) is 43.3 Å². The molecule has 1 N–H and O–H groups in total. The maximum Gasteiger partial charge on any atom is 0.321 e. The topological polar surface area (TPSA) is 85.0 Å². The van der Waals surface area contributed by atoms with Crippen LogP contribution in [0, 0.1) is 0 Å². The van der Waals surface area contributed by atoms with Crippen LogP contribution in [0.5, 0.6) is 0 Å². The minimum Gasteiger partial charge on any atom is -0.345 e. The Kier molecular flexibility index (Phi) is 5.15. The van der Waals surface area contributed by atoms with E-state index in [1.807, 2.05) is 55.7 Å². The summed E-state index contributed by atoms with van der Waals surface area (Å²) in [6.07, 6.45) is 5.15. The molecule has 2 amide bonds. The van der Waals surface area contributed by atoms with Gasteiger partial charge < -0.3 is 10.2 Å². The fourth-order valence-corrected chi connectivity index (χ4v) is 4.39. The van der Waals surface area contributed by atoms with E-state index < -0.39 is 23.9 Å². The molecular weight excluding hydrogens is 442 g/mol. The van der Waals surface area contributed by atoms with Crippen LogP contribution in [0.4, 0.5) is 14.5 Å². The summed E-state index contributed by atoms with van der Waals surface area (Å²) >= 11 is 0. The lowest BCUT2D eigenvalue weighted by Crippen LogP contribution is -2.46. The lowest BCUT2D eigenvalue weighted by atomic mass is 9.99. The third kappa shape index (κ3) is 3.81. The lowest BCUT2D eigenvalue weighted by Gasteiger charge is -2.29. The van der Waals surface area contributed by atoms with Gasteiger partial charge in [-0.25, -0.2) is 4.68 Å². The summed E-state index contributed by atoms with van der Waals surface area (Å²) in [6.45, 7) is 0.544. The molecule has 174 valence electrons. The molecular formula is C24H22F2N6O2. The Hall–Kier alpha value is -4.08. The van der Waals surface area contributed by atoms with E-state index in [-0.39, 0.29) is 12.3 Å². The molecule has 3 heterocycles. The number of carbonyl (C=O) groups excluding carboxylic acids is 2. The third-order valence-corrected chi connectivity index (χ3v) is 5.94. The minimum absolute atomic E-state index is 0.0889. The molecule has 0 spiro atoms. The van der Waals surface area contributed by atoms with Gasteiger partial charge in [0.1, 0.15) is 5.69 Å². The number of aromatic nitrogens is 4. The van der Waals surface area contributed by atoms with E-state index in [0.717, 1.165) is 22.2 Å². The molecule has 2 atom stereocenters. The first-order chi connectivity index (χ1) is 16.2. The first kappa shape index (κ1) is 21.7. The van der Waals surface area contributed by atoms with Crippen molar-refractivity contribution in [2.45, 2.75) is 31.4 Å². The van der Waals surface area contributed by atoms with Crippen LogP contribution >= 0.6 is 0 Å². The van der Waals surface area contributed by atoms with E-state index in [1.54, 1.807) is 32.7 Å². The molecule has 0 bridgehead atoms. The highest BCUT2D eigenvalue weighted by atomic mass is 19.3. The number of halogens is 2. The van der Waals surface area contributed by atoms with Crippen LogP contribution < -0.4 is 10.2 Å². The summed E-state index contributed by atoms with van der Waals surface area (Å²) < 4.78 is 30.6. The summed E-state index contributed by atoms with van der Waals surface area (Å²) in [5, 5.41) is 11.8. The average Bonchev–Trinajstić information content (AvgIpc) is 3.49. The van der Waals surface area contributed by atoms with Crippen molar-refractivity contribution < 1.29 is 18.4 Å². The second-order valence-electron chi connectivity index (χ2n) is 8.46. The van der Waals surface area contributed by atoms with Gasteiger partial charge >= 0.3 is 5.92 Å². The number of nitrogens with zero attached hydrogens (tertiary/aromatic N) is 5. The molecule has 0 saturated carbocycles. The molecule has 1 aliphatic heterocycles.